The summed E-state index contributed by atoms with van der Waals surface area (Å²) in [7, 11) is 0. The van der Waals surface area contributed by atoms with Gasteiger partial charge in [-0.15, -0.1) is 0 Å². The fourth-order valence-corrected chi connectivity index (χ4v) is 3.45. The van der Waals surface area contributed by atoms with Crippen molar-refractivity contribution in [1.29, 1.82) is 0 Å². The highest BCUT2D eigenvalue weighted by molar-refractivity contribution is 5.72. The van der Waals surface area contributed by atoms with Crippen LogP contribution in [-0.4, -0.2) is 19.3 Å². The topological polar surface area (TPSA) is 56.5 Å². The molecule has 1 fully saturated rings. The molecule has 0 aromatic heterocycles. The number of fused-ring (bicyclic) bond motifs is 1. The molecule has 0 amide bonds. The summed E-state index contributed by atoms with van der Waals surface area (Å²) < 4.78 is 11.2. The molecule has 0 spiro atoms. The summed E-state index contributed by atoms with van der Waals surface area (Å²) >= 11 is 0. The zero-order valence-electron chi connectivity index (χ0n) is 12.9. The van der Waals surface area contributed by atoms with Crippen LogP contribution in [0.3, 0.4) is 0 Å². The summed E-state index contributed by atoms with van der Waals surface area (Å²) in [4.78, 5) is 0. The highest BCUT2D eigenvalue weighted by Crippen LogP contribution is 2.38. The lowest BCUT2D eigenvalue weighted by molar-refractivity contribution is 0.172. The molecule has 0 radical (unpaired) electrons. The lowest BCUT2D eigenvalue weighted by atomic mass is 9.83. The minimum Gasteiger partial charge on any atom is -0.486 e. The first kappa shape index (κ1) is 14.4. The fourth-order valence-electron chi connectivity index (χ4n) is 3.45. The standard InChI is InChI=1S/C17H26N2O2/c1-2-3-12-4-6-13(7-5-12)19-15-11-17-16(10-14(15)18)20-8-9-21-17/h10-13,19H,2-9,18H2,1H3. The molecule has 3 rings (SSSR count). The van der Waals surface area contributed by atoms with E-state index in [9.17, 15) is 0 Å². The van der Waals surface area contributed by atoms with Gasteiger partial charge in [0.15, 0.2) is 11.5 Å². The Morgan fingerprint density at radius 1 is 1.10 bits per heavy atom. The van der Waals surface area contributed by atoms with Crippen LogP contribution in [0.25, 0.3) is 0 Å². The lowest BCUT2D eigenvalue weighted by Crippen LogP contribution is -2.26. The minimum atomic E-state index is 0.531. The second kappa shape index (κ2) is 6.46. The van der Waals surface area contributed by atoms with Gasteiger partial charge in [-0.3, -0.25) is 0 Å². The zero-order chi connectivity index (χ0) is 14.7. The van der Waals surface area contributed by atoms with Crippen LogP contribution in [0, 0.1) is 5.92 Å². The van der Waals surface area contributed by atoms with E-state index >= 15 is 0 Å². The summed E-state index contributed by atoms with van der Waals surface area (Å²) in [5, 5.41) is 3.60. The summed E-state index contributed by atoms with van der Waals surface area (Å²) in [6, 6.07) is 4.39. The third-order valence-corrected chi connectivity index (χ3v) is 4.62. The predicted octanol–water partition coefficient (Wildman–Crippen LogP) is 3.81. The number of nitrogens with one attached hydrogen (secondary N) is 1. The van der Waals surface area contributed by atoms with E-state index in [1.165, 1.54) is 38.5 Å². The molecule has 1 aromatic carbocycles. The van der Waals surface area contributed by atoms with Crippen LogP contribution in [0.2, 0.25) is 0 Å². The van der Waals surface area contributed by atoms with Crippen LogP contribution >= 0.6 is 0 Å². The third-order valence-electron chi connectivity index (χ3n) is 4.62. The number of benzene rings is 1. The SMILES string of the molecule is CCCC1CCC(Nc2cc3c(cc2N)OCCO3)CC1. The van der Waals surface area contributed by atoms with Crippen LogP contribution in [-0.2, 0) is 0 Å². The van der Waals surface area contributed by atoms with Gasteiger partial charge in [0.05, 0.1) is 11.4 Å². The van der Waals surface area contributed by atoms with Gasteiger partial charge in [0, 0.05) is 18.2 Å². The molecule has 1 saturated carbocycles. The molecule has 0 unspecified atom stereocenters. The van der Waals surface area contributed by atoms with Crippen molar-refractivity contribution in [3.05, 3.63) is 12.1 Å². The van der Waals surface area contributed by atoms with E-state index in [0.717, 1.165) is 28.8 Å². The quantitative estimate of drug-likeness (QED) is 0.828. The Morgan fingerprint density at radius 3 is 2.43 bits per heavy atom. The number of rotatable bonds is 4. The van der Waals surface area contributed by atoms with Gasteiger partial charge in [0.2, 0.25) is 0 Å². The monoisotopic (exact) mass is 290 g/mol. The first-order valence-electron chi connectivity index (χ1n) is 8.22. The van der Waals surface area contributed by atoms with Gasteiger partial charge in [0.1, 0.15) is 13.2 Å². The Labute approximate surface area is 127 Å². The van der Waals surface area contributed by atoms with E-state index < -0.39 is 0 Å². The largest absolute Gasteiger partial charge is 0.486 e. The van der Waals surface area contributed by atoms with Gasteiger partial charge in [-0.1, -0.05) is 19.8 Å². The zero-order valence-corrected chi connectivity index (χ0v) is 12.9. The number of nitrogens with two attached hydrogens (primary N) is 1. The fraction of sp³-hybridized carbons (Fsp3) is 0.647. The summed E-state index contributed by atoms with van der Waals surface area (Å²) in [6.07, 6.45) is 7.81. The van der Waals surface area contributed by atoms with Gasteiger partial charge in [-0.2, -0.15) is 0 Å². The van der Waals surface area contributed by atoms with E-state index in [4.69, 9.17) is 15.2 Å². The molecule has 0 atom stereocenters. The summed E-state index contributed by atoms with van der Waals surface area (Å²) in [5.41, 5.74) is 7.87. The van der Waals surface area contributed by atoms with Crippen molar-refractivity contribution in [3.63, 3.8) is 0 Å². The van der Waals surface area contributed by atoms with E-state index in [1.807, 2.05) is 12.1 Å². The van der Waals surface area contributed by atoms with Crippen molar-refractivity contribution in [3.8, 4) is 11.5 Å². The Morgan fingerprint density at radius 2 is 1.76 bits per heavy atom. The number of hydrogen-bond acceptors (Lipinski definition) is 4. The second-order valence-electron chi connectivity index (χ2n) is 6.23. The van der Waals surface area contributed by atoms with Crippen LogP contribution < -0.4 is 20.5 Å². The first-order valence-corrected chi connectivity index (χ1v) is 8.22. The number of ether oxygens (including phenoxy) is 2. The average Bonchev–Trinajstić information content (AvgIpc) is 2.50. The van der Waals surface area contributed by atoms with Crippen LogP contribution in [0.4, 0.5) is 11.4 Å². The maximum Gasteiger partial charge on any atom is 0.163 e. The Kier molecular flexibility index (Phi) is 4.42. The molecule has 4 heteroatoms. The molecule has 116 valence electrons. The molecule has 21 heavy (non-hydrogen) atoms. The molecule has 1 aliphatic carbocycles. The van der Waals surface area contributed by atoms with Crippen molar-refractivity contribution < 1.29 is 9.47 Å². The molecule has 1 aliphatic heterocycles. The lowest BCUT2D eigenvalue weighted by Gasteiger charge is -2.30. The molecule has 3 N–H and O–H groups in total. The maximum atomic E-state index is 6.14. The Hall–Kier alpha value is -1.58. The van der Waals surface area contributed by atoms with Gasteiger partial charge in [0.25, 0.3) is 0 Å². The van der Waals surface area contributed by atoms with Gasteiger partial charge in [-0.05, 0) is 31.6 Å². The Bertz CT molecular complexity index is 482. The van der Waals surface area contributed by atoms with Crippen molar-refractivity contribution in [2.75, 3.05) is 24.3 Å². The minimum absolute atomic E-state index is 0.531. The smallest absolute Gasteiger partial charge is 0.163 e. The first-order chi connectivity index (χ1) is 10.3. The predicted molar refractivity (Wildman–Crippen MR) is 86.1 cm³/mol. The van der Waals surface area contributed by atoms with E-state index in [-0.39, 0.29) is 0 Å². The molecule has 1 heterocycles. The highest BCUT2D eigenvalue weighted by atomic mass is 16.6. The molecule has 0 saturated heterocycles. The number of hydrogen-bond donors (Lipinski definition) is 2. The van der Waals surface area contributed by atoms with E-state index in [0.29, 0.717) is 19.3 Å². The summed E-state index contributed by atoms with van der Waals surface area (Å²) in [5.74, 6) is 2.49. The maximum absolute atomic E-state index is 6.14. The molecule has 1 aromatic rings. The van der Waals surface area contributed by atoms with Gasteiger partial charge >= 0.3 is 0 Å². The molecular weight excluding hydrogens is 264 g/mol. The van der Waals surface area contributed by atoms with Gasteiger partial charge < -0.3 is 20.5 Å². The van der Waals surface area contributed by atoms with Crippen LogP contribution in [0.1, 0.15) is 45.4 Å². The average molecular weight is 290 g/mol. The molecular formula is C17H26N2O2. The third kappa shape index (κ3) is 3.36. The van der Waals surface area contributed by atoms with Crippen molar-refractivity contribution >= 4 is 11.4 Å². The molecule has 0 bridgehead atoms. The summed E-state index contributed by atoms with van der Waals surface area (Å²) in [6.45, 7) is 3.49. The normalized spacial score (nSPS) is 24.6. The molecule has 4 nitrogen and oxygen atoms in total. The highest BCUT2D eigenvalue weighted by Gasteiger charge is 2.22. The second-order valence-corrected chi connectivity index (χ2v) is 6.23. The van der Waals surface area contributed by atoms with Crippen molar-refractivity contribution in [2.45, 2.75) is 51.5 Å². The van der Waals surface area contributed by atoms with Gasteiger partial charge in [-0.25, -0.2) is 0 Å². The van der Waals surface area contributed by atoms with Crippen LogP contribution in [0.5, 0.6) is 11.5 Å². The number of anilines is 2. The van der Waals surface area contributed by atoms with Crippen molar-refractivity contribution in [1.82, 2.24) is 0 Å². The van der Waals surface area contributed by atoms with Crippen LogP contribution in [0.15, 0.2) is 12.1 Å². The Balaban J connectivity index is 1.63. The number of nitrogen functional groups attached to an aromatic ring is 1. The molecule has 2 aliphatic rings. The van der Waals surface area contributed by atoms with E-state index in [1.54, 1.807) is 0 Å². The van der Waals surface area contributed by atoms with E-state index in [2.05, 4.69) is 12.2 Å². The van der Waals surface area contributed by atoms with Crippen molar-refractivity contribution in [2.24, 2.45) is 5.92 Å².